The Balaban J connectivity index is 2.52. The molecule has 2 aromatic rings. The summed E-state index contributed by atoms with van der Waals surface area (Å²) >= 11 is 0. The summed E-state index contributed by atoms with van der Waals surface area (Å²) in [5.41, 5.74) is 10.0. The van der Waals surface area contributed by atoms with Gasteiger partial charge in [0.05, 0.1) is 11.6 Å². The van der Waals surface area contributed by atoms with Gasteiger partial charge in [0.2, 0.25) is 0 Å². The van der Waals surface area contributed by atoms with E-state index in [0.717, 1.165) is 6.07 Å². The molecule has 0 aliphatic carbocycles. The molecule has 0 saturated carbocycles. The van der Waals surface area contributed by atoms with Gasteiger partial charge < -0.3 is 11.5 Å². The molecule has 1 aromatic heterocycles. The fourth-order valence-corrected chi connectivity index (χ4v) is 1.87. The Bertz CT molecular complexity index is 625. The molecule has 2 rings (SSSR count). The van der Waals surface area contributed by atoms with Crippen LogP contribution in [0.3, 0.4) is 0 Å². The summed E-state index contributed by atoms with van der Waals surface area (Å²) in [7, 11) is 0. The molecule has 0 amide bonds. The number of nitrogens with two attached hydrogens (primary N) is 2. The Morgan fingerprint density at radius 3 is 2.30 bits per heavy atom. The molecule has 0 aliphatic heterocycles. The van der Waals surface area contributed by atoms with E-state index in [0.29, 0.717) is 6.07 Å². The highest BCUT2D eigenvalue weighted by Crippen LogP contribution is 2.35. The Morgan fingerprint density at radius 1 is 1.05 bits per heavy atom. The smallest absolute Gasteiger partial charge is 0.383 e. The molecule has 7 heteroatoms. The van der Waals surface area contributed by atoms with Gasteiger partial charge >= 0.3 is 6.18 Å². The second-order valence-electron chi connectivity index (χ2n) is 4.16. The highest BCUT2D eigenvalue weighted by molar-refractivity contribution is 5.46. The SMILES string of the molecule is Nc1ncccc1C(N)c1cccc(C(F)(F)F)c1F. The largest absolute Gasteiger partial charge is 0.419 e. The summed E-state index contributed by atoms with van der Waals surface area (Å²) in [6.45, 7) is 0. The fraction of sp³-hybridized carbons (Fsp3) is 0.154. The minimum atomic E-state index is -4.78. The number of halogens is 4. The number of rotatable bonds is 2. The Kier molecular flexibility index (Phi) is 3.63. The summed E-state index contributed by atoms with van der Waals surface area (Å²) in [5, 5.41) is 0. The monoisotopic (exact) mass is 285 g/mol. The normalized spacial score (nSPS) is 13.2. The van der Waals surface area contributed by atoms with Crippen LogP contribution in [0, 0.1) is 5.82 Å². The minimum absolute atomic E-state index is 0.0526. The maximum Gasteiger partial charge on any atom is 0.419 e. The van der Waals surface area contributed by atoms with Crippen molar-refractivity contribution in [3.05, 3.63) is 59.0 Å². The molecule has 1 unspecified atom stereocenters. The number of nitrogens with zero attached hydrogens (tertiary/aromatic N) is 1. The first-order chi connectivity index (χ1) is 9.32. The number of pyridine rings is 1. The number of aromatic nitrogens is 1. The van der Waals surface area contributed by atoms with Crippen molar-refractivity contribution in [3.8, 4) is 0 Å². The zero-order chi connectivity index (χ0) is 14.9. The third kappa shape index (κ3) is 2.57. The Labute approximate surface area is 112 Å². The molecule has 0 spiro atoms. The zero-order valence-corrected chi connectivity index (χ0v) is 10.2. The van der Waals surface area contributed by atoms with Crippen molar-refractivity contribution in [3.63, 3.8) is 0 Å². The minimum Gasteiger partial charge on any atom is -0.383 e. The molecule has 20 heavy (non-hydrogen) atoms. The van der Waals surface area contributed by atoms with Gasteiger partial charge in [0.1, 0.15) is 11.6 Å². The first-order valence-corrected chi connectivity index (χ1v) is 5.64. The highest BCUT2D eigenvalue weighted by Gasteiger charge is 2.35. The second-order valence-corrected chi connectivity index (χ2v) is 4.16. The summed E-state index contributed by atoms with van der Waals surface area (Å²) in [6.07, 6.45) is -3.37. The van der Waals surface area contributed by atoms with Crippen molar-refractivity contribution < 1.29 is 17.6 Å². The van der Waals surface area contributed by atoms with Crippen LogP contribution in [0.25, 0.3) is 0 Å². The topological polar surface area (TPSA) is 64.9 Å². The van der Waals surface area contributed by atoms with E-state index in [1.165, 1.54) is 24.4 Å². The van der Waals surface area contributed by atoms with Crippen molar-refractivity contribution in [2.24, 2.45) is 5.73 Å². The molecule has 0 saturated heterocycles. The Hall–Kier alpha value is -2.15. The van der Waals surface area contributed by atoms with Crippen molar-refractivity contribution in [1.82, 2.24) is 4.98 Å². The molecule has 1 heterocycles. The standard InChI is InChI=1S/C13H11F4N3/c14-10-7(3-1-5-9(10)13(15,16)17)11(18)8-4-2-6-20-12(8)19/h1-6,11H,18H2,(H2,19,20). The number of anilines is 1. The summed E-state index contributed by atoms with van der Waals surface area (Å²) in [4.78, 5) is 3.78. The van der Waals surface area contributed by atoms with Crippen molar-refractivity contribution in [2.45, 2.75) is 12.2 Å². The molecule has 0 radical (unpaired) electrons. The predicted octanol–water partition coefficient (Wildman–Crippen LogP) is 2.87. The van der Waals surface area contributed by atoms with Crippen LogP contribution < -0.4 is 11.5 Å². The number of nitrogen functional groups attached to an aromatic ring is 1. The number of benzene rings is 1. The lowest BCUT2D eigenvalue weighted by Gasteiger charge is -2.17. The van der Waals surface area contributed by atoms with Crippen LogP contribution in [0.4, 0.5) is 23.4 Å². The van der Waals surface area contributed by atoms with Gasteiger partial charge in [-0.2, -0.15) is 13.2 Å². The van der Waals surface area contributed by atoms with E-state index >= 15 is 0 Å². The van der Waals surface area contributed by atoms with Crippen molar-refractivity contribution in [1.29, 1.82) is 0 Å². The molecule has 4 N–H and O–H groups in total. The fourth-order valence-electron chi connectivity index (χ4n) is 1.87. The van der Waals surface area contributed by atoms with Crippen molar-refractivity contribution in [2.75, 3.05) is 5.73 Å². The van der Waals surface area contributed by atoms with Crippen LogP contribution in [0.1, 0.15) is 22.7 Å². The molecule has 1 atom stereocenters. The summed E-state index contributed by atoms with van der Waals surface area (Å²) in [6, 6.07) is 4.86. The van der Waals surface area contributed by atoms with Crippen LogP contribution in [0.2, 0.25) is 0 Å². The number of hydrogen-bond acceptors (Lipinski definition) is 3. The van der Waals surface area contributed by atoms with Gasteiger partial charge in [-0.05, 0) is 12.1 Å². The molecule has 0 aliphatic rings. The van der Waals surface area contributed by atoms with E-state index in [1.54, 1.807) is 0 Å². The second kappa shape index (κ2) is 5.09. The van der Waals surface area contributed by atoms with Crippen LogP contribution in [-0.2, 0) is 6.18 Å². The van der Waals surface area contributed by atoms with Gasteiger partial charge in [-0.1, -0.05) is 18.2 Å². The van der Waals surface area contributed by atoms with Crippen LogP contribution in [0.5, 0.6) is 0 Å². The lowest BCUT2D eigenvalue weighted by Crippen LogP contribution is -2.18. The Morgan fingerprint density at radius 2 is 1.70 bits per heavy atom. The first-order valence-electron chi connectivity index (χ1n) is 5.64. The lowest BCUT2D eigenvalue weighted by atomic mass is 9.97. The van der Waals surface area contributed by atoms with Gasteiger partial charge in [0.15, 0.2) is 0 Å². The van der Waals surface area contributed by atoms with E-state index in [9.17, 15) is 17.6 Å². The number of hydrogen-bond donors (Lipinski definition) is 2. The maximum atomic E-state index is 14.0. The average Bonchev–Trinajstić information content (AvgIpc) is 2.37. The quantitative estimate of drug-likeness (QED) is 0.834. The maximum absolute atomic E-state index is 14.0. The molecular weight excluding hydrogens is 274 g/mol. The molecule has 0 fully saturated rings. The van der Waals surface area contributed by atoms with E-state index in [1.807, 2.05) is 0 Å². The first kappa shape index (κ1) is 14.3. The highest BCUT2D eigenvalue weighted by atomic mass is 19.4. The molecule has 3 nitrogen and oxygen atoms in total. The molecule has 106 valence electrons. The summed E-state index contributed by atoms with van der Waals surface area (Å²) in [5.74, 6) is -1.34. The van der Waals surface area contributed by atoms with Gasteiger partial charge in [0, 0.05) is 17.3 Å². The van der Waals surface area contributed by atoms with E-state index in [-0.39, 0.29) is 16.9 Å². The van der Waals surface area contributed by atoms with Crippen LogP contribution in [-0.4, -0.2) is 4.98 Å². The predicted molar refractivity (Wildman–Crippen MR) is 66.1 cm³/mol. The molecule has 0 bridgehead atoms. The van der Waals surface area contributed by atoms with Gasteiger partial charge in [0.25, 0.3) is 0 Å². The van der Waals surface area contributed by atoms with E-state index in [2.05, 4.69) is 4.98 Å². The third-order valence-electron chi connectivity index (χ3n) is 2.88. The van der Waals surface area contributed by atoms with Gasteiger partial charge in [-0.15, -0.1) is 0 Å². The molecular formula is C13H11F4N3. The average molecular weight is 285 g/mol. The van der Waals surface area contributed by atoms with Crippen LogP contribution >= 0.6 is 0 Å². The third-order valence-corrected chi connectivity index (χ3v) is 2.88. The lowest BCUT2D eigenvalue weighted by molar-refractivity contribution is -0.140. The van der Waals surface area contributed by atoms with Crippen molar-refractivity contribution >= 4 is 5.82 Å². The van der Waals surface area contributed by atoms with Gasteiger partial charge in [-0.25, -0.2) is 9.37 Å². The summed E-state index contributed by atoms with van der Waals surface area (Å²) < 4.78 is 51.9. The van der Waals surface area contributed by atoms with E-state index in [4.69, 9.17) is 11.5 Å². The van der Waals surface area contributed by atoms with Crippen LogP contribution in [0.15, 0.2) is 36.5 Å². The van der Waals surface area contributed by atoms with E-state index < -0.39 is 23.6 Å². The van der Waals surface area contributed by atoms with Gasteiger partial charge in [-0.3, -0.25) is 0 Å². The molecule has 1 aromatic carbocycles. The zero-order valence-electron chi connectivity index (χ0n) is 10.2. The number of alkyl halides is 3.